The number of rotatable bonds is 6. The standard InChI is InChI=1S/C51H31N3OS/c1-3-14-32(15-4-1)34-18-9-19-35(30-34)36-20-10-21-37(31-36)38-23-11-24-39-40-25-12-27-43(48(40)56-47(38)39)51-53-49(33-16-5-2-6-17-33)52-50(54-51)42-26-13-29-45-46(42)41-22-7-8-28-44(41)55-45/h1-31H. The first kappa shape index (κ1) is 32.2. The summed E-state index contributed by atoms with van der Waals surface area (Å²) < 4.78 is 8.65. The van der Waals surface area contributed by atoms with E-state index in [-0.39, 0.29) is 0 Å². The summed E-state index contributed by atoms with van der Waals surface area (Å²) in [6, 6.07) is 65.7. The molecule has 0 fully saturated rings. The lowest BCUT2D eigenvalue weighted by molar-refractivity contribution is 0.669. The Labute approximate surface area is 327 Å². The van der Waals surface area contributed by atoms with Gasteiger partial charge in [-0.3, -0.25) is 0 Å². The van der Waals surface area contributed by atoms with Crippen LogP contribution in [0.25, 0.3) is 110 Å². The SMILES string of the molecule is c1ccc(-c2cccc(-c3cccc(-c4cccc5c4sc4c(-c6nc(-c7ccccc7)nc(-c7cccc8oc9ccccc9c78)n6)cccc45)c3)c2)cc1. The molecular formula is C51H31N3OS. The summed E-state index contributed by atoms with van der Waals surface area (Å²) in [6.07, 6.45) is 0. The number of hydrogen-bond acceptors (Lipinski definition) is 5. The normalized spacial score (nSPS) is 11.6. The molecule has 11 aromatic rings. The van der Waals surface area contributed by atoms with Crippen LogP contribution in [0.4, 0.5) is 0 Å². The average Bonchev–Trinajstić information content (AvgIpc) is 3.86. The highest BCUT2D eigenvalue weighted by atomic mass is 32.1. The van der Waals surface area contributed by atoms with Crippen LogP contribution in [0.2, 0.25) is 0 Å². The molecular weight excluding hydrogens is 703 g/mol. The quantitative estimate of drug-likeness (QED) is 0.171. The van der Waals surface area contributed by atoms with Gasteiger partial charge in [0.15, 0.2) is 17.5 Å². The second kappa shape index (κ2) is 13.3. The van der Waals surface area contributed by atoms with Gasteiger partial charge in [-0.15, -0.1) is 11.3 Å². The van der Waals surface area contributed by atoms with Gasteiger partial charge in [-0.1, -0.05) is 158 Å². The van der Waals surface area contributed by atoms with E-state index in [0.29, 0.717) is 17.5 Å². The van der Waals surface area contributed by atoms with Crippen LogP contribution in [0.15, 0.2) is 192 Å². The van der Waals surface area contributed by atoms with Crippen molar-refractivity contribution in [3.05, 3.63) is 188 Å². The Balaban J connectivity index is 1.07. The van der Waals surface area contributed by atoms with Crippen molar-refractivity contribution in [3.63, 3.8) is 0 Å². The molecule has 3 heterocycles. The third-order valence-electron chi connectivity index (χ3n) is 10.6. The molecule has 11 rings (SSSR count). The highest BCUT2D eigenvalue weighted by Gasteiger charge is 2.20. The van der Waals surface area contributed by atoms with Gasteiger partial charge in [0.2, 0.25) is 0 Å². The van der Waals surface area contributed by atoms with Crippen LogP contribution in [0, 0.1) is 0 Å². The maximum atomic E-state index is 6.27. The molecule has 0 saturated carbocycles. The second-order valence-corrected chi connectivity index (χ2v) is 15.0. The number of aromatic nitrogens is 3. The van der Waals surface area contributed by atoms with Gasteiger partial charge in [0, 0.05) is 47.6 Å². The zero-order valence-electron chi connectivity index (χ0n) is 30.1. The Hall–Kier alpha value is -7.21. The van der Waals surface area contributed by atoms with Gasteiger partial charge >= 0.3 is 0 Å². The lowest BCUT2D eigenvalue weighted by atomic mass is 9.95. The lowest BCUT2D eigenvalue weighted by Gasteiger charge is -2.10. The zero-order valence-corrected chi connectivity index (χ0v) is 30.9. The number of benzene rings is 8. The zero-order chi connectivity index (χ0) is 37.0. The minimum Gasteiger partial charge on any atom is -0.456 e. The Bertz CT molecular complexity index is 3260. The molecule has 0 saturated heterocycles. The highest BCUT2D eigenvalue weighted by Crippen LogP contribution is 2.44. The minimum absolute atomic E-state index is 0.609. The third kappa shape index (κ3) is 5.48. The third-order valence-corrected chi connectivity index (χ3v) is 11.8. The molecule has 0 aliphatic heterocycles. The van der Waals surface area contributed by atoms with Crippen LogP contribution < -0.4 is 0 Å². The lowest BCUT2D eigenvalue weighted by Crippen LogP contribution is -2.00. The molecule has 0 aliphatic rings. The molecule has 8 aromatic carbocycles. The smallest absolute Gasteiger partial charge is 0.165 e. The molecule has 5 heteroatoms. The predicted octanol–water partition coefficient (Wildman–Crippen LogP) is 14.1. The highest BCUT2D eigenvalue weighted by molar-refractivity contribution is 7.26. The Morgan fingerprint density at radius 2 is 0.786 bits per heavy atom. The Morgan fingerprint density at radius 3 is 1.54 bits per heavy atom. The number of thiophene rings is 1. The summed E-state index contributed by atoms with van der Waals surface area (Å²) in [4.78, 5) is 15.5. The molecule has 0 unspecified atom stereocenters. The van der Waals surface area contributed by atoms with E-state index in [2.05, 4.69) is 140 Å². The van der Waals surface area contributed by atoms with E-state index in [1.54, 1.807) is 11.3 Å². The molecule has 0 aliphatic carbocycles. The fourth-order valence-electron chi connectivity index (χ4n) is 7.89. The number of nitrogens with zero attached hydrogens (tertiary/aromatic N) is 3. The van der Waals surface area contributed by atoms with Gasteiger partial charge in [-0.2, -0.15) is 0 Å². The predicted molar refractivity (Wildman–Crippen MR) is 233 cm³/mol. The molecule has 0 atom stereocenters. The fraction of sp³-hybridized carbons (Fsp3) is 0. The molecule has 0 bridgehead atoms. The van der Waals surface area contributed by atoms with Crippen molar-refractivity contribution in [3.8, 4) is 67.5 Å². The van der Waals surface area contributed by atoms with Gasteiger partial charge in [0.05, 0.1) is 0 Å². The van der Waals surface area contributed by atoms with Crippen molar-refractivity contribution in [2.24, 2.45) is 0 Å². The van der Waals surface area contributed by atoms with E-state index in [1.165, 1.54) is 48.9 Å². The molecule has 0 N–H and O–H groups in total. The van der Waals surface area contributed by atoms with E-state index in [0.717, 1.165) is 43.3 Å². The van der Waals surface area contributed by atoms with Crippen molar-refractivity contribution < 1.29 is 4.42 Å². The van der Waals surface area contributed by atoms with Gasteiger partial charge in [0.1, 0.15) is 11.2 Å². The van der Waals surface area contributed by atoms with Gasteiger partial charge in [-0.25, -0.2) is 15.0 Å². The van der Waals surface area contributed by atoms with E-state index in [1.807, 2.05) is 48.5 Å². The number of para-hydroxylation sites is 1. The van der Waals surface area contributed by atoms with Crippen LogP contribution in [0.3, 0.4) is 0 Å². The van der Waals surface area contributed by atoms with Gasteiger partial charge < -0.3 is 4.42 Å². The van der Waals surface area contributed by atoms with E-state index >= 15 is 0 Å². The summed E-state index contributed by atoms with van der Waals surface area (Å²) in [7, 11) is 0. The number of hydrogen-bond donors (Lipinski definition) is 0. The monoisotopic (exact) mass is 733 g/mol. The van der Waals surface area contributed by atoms with E-state index < -0.39 is 0 Å². The van der Waals surface area contributed by atoms with Crippen molar-refractivity contribution in [1.29, 1.82) is 0 Å². The van der Waals surface area contributed by atoms with Crippen LogP contribution >= 0.6 is 11.3 Å². The van der Waals surface area contributed by atoms with Crippen molar-refractivity contribution in [1.82, 2.24) is 15.0 Å². The second-order valence-electron chi connectivity index (χ2n) is 13.9. The minimum atomic E-state index is 0.609. The largest absolute Gasteiger partial charge is 0.456 e. The first-order chi connectivity index (χ1) is 27.7. The summed E-state index contributed by atoms with van der Waals surface area (Å²) in [6.45, 7) is 0. The van der Waals surface area contributed by atoms with Crippen molar-refractivity contribution in [2.45, 2.75) is 0 Å². The van der Waals surface area contributed by atoms with E-state index in [4.69, 9.17) is 19.4 Å². The molecule has 0 amide bonds. The van der Waals surface area contributed by atoms with Crippen LogP contribution in [0.5, 0.6) is 0 Å². The summed E-state index contributed by atoms with van der Waals surface area (Å²) in [5.74, 6) is 1.87. The van der Waals surface area contributed by atoms with Crippen LogP contribution in [-0.2, 0) is 0 Å². The fourth-order valence-corrected chi connectivity index (χ4v) is 9.24. The maximum absolute atomic E-state index is 6.27. The van der Waals surface area contributed by atoms with Crippen molar-refractivity contribution >= 4 is 53.4 Å². The Kier molecular flexibility index (Phi) is 7.64. The molecule has 3 aromatic heterocycles. The maximum Gasteiger partial charge on any atom is 0.165 e. The summed E-state index contributed by atoms with van der Waals surface area (Å²) >= 11 is 1.80. The summed E-state index contributed by atoms with van der Waals surface area (Å²) in [5, 5.41) is 4.43. The van der Waals surface area contributed by atoms with E-state index in [9.17, 15) is 0 Å². The molecule has 4 nitrogen and oxygen atoms in total. The van der Waals surface area contributed by atoms with Gasteiger partial charge in [0.25, 0.3) is 0 Å². The topological polar surface area (TPSA) is 51.8 Å². The average molecular weight is 734 g/mol. The van der Waals surface area contributed by atoms with Crippen LogP contribution in [-0.4, -0.2) is 15.0 Å². The number of furan rings is 1. The van der Waals surface area contributed by atoms with Crippen LogP contribution in [0.1, 0.15) is 0 Å². The van der Waals surface area contributed by atoms with Gasteiger partial charge in [-0.05, 0) is 63.7 Å². The molecule has 0 spiro atoms. The first-order valence-electron chi connectivity index (χ1n) is 18.7. The summed E-state index contributed by atoms with van der Waals surface area (Å²) in [5.41, 5.74) is 11.6. The van der Waals surface area contributed by atoms with Crippen molar-refractivity contribution in [2.75, 3.05) is 0 Å². The first-order valence-corrected chi connectivity index (χ1v) is 19.5. The molecule has 262 valence electrons. The molecule has 56 heavy (non-hydrogen) atoms. The molecule has 0 radical (unpaired) electrons. The Morgan fingerprint density at radius 1 is 0.321 bits per heavy atom. The number of fused-ring (bicyclic) bond motifs is 6.